The van der Waals surface area contributed by atoms with Crippen molar-refractivity contribution in [1.29, 1.82) is 0 Å². The van der Waals surface area contributed by atoms with Gasteiger partial charge in [-0.25, -0.2) is 0 Å². The van der Waals surface area contributed by atoms with Crippen LogP contribution in [0.3, 0.4) is 0 Å². The number of hydrogen-bond donors (Lipinski definition) is 1. The van der Waals surface area contributed by atoms with Crippen LogP contribution < -0.4 is 5.73 Å². The molecule has 30 valence electrons. The van der Waals surface area contributed by atoms with E-state index in [4.69, 9.17) is 5.73 Å². The van der Waals surface area contributed by atoms with Gasteiger partial charge in [0.05, 0.1) is 0 Å². The molecule has 4 radical (unpaired) electrons. The first-order valence-corrected chi connectivity index (χ1v) is 1.62. The largest absolute Gasteiger partial charge is 0.330 e. The van der Waals surface area contributed by atoms with E-state index in [9.17, 15) is 0 Å². The molecule has 0 rings (SSSR count). The molecule has 1 nitrogen and oxygen atoms in total. The molecule has 0 aromatic carbocycles. The molecule has 0 aliphatic heterocycles. The van der Waals surface area contributed by atoms with Crippen molar-refractivity contribution in [3.63, 3.8) is 0 Å². The molecule has 2 N–H and O–H groups in total. The Morgan fingerprint density at radius 1 is 1.60 bits per heavy atom. The molecule has 0 heterocycles. The van der Waals surface area contributed by atoms with Gasteiger partial charge in [0.25, 0.3) is 0 Å². The summed E-state index contributed by atoms with van der Waals surface area (Å²) in [6.07, 6.45) is 1.10. The van der Waals surface area contributed by atoms with Gasteiger partial charge in [0.1, 0.15) is 0 Å². The first-order valence-electron chi connectivity index (χ1n) is 1.62. The third-order valence-electron chi connectivity index (χ3n) is 0.289. The highest BCUT2D eigenvalue weighted by Gasteiger charge is 1.55. The van der Waals surface area contributed by atoms with Crippen molar-refractivity contribution in [2.75, 3.05) is 6.54 Å². The molecule has 0 bridgehead atoms. The lowest BCUT2D eigenvalue weighted by Crippen LogP contribution is -1.93. The molecule has 0 amide bonds. The summed E-state index contributed by atoms with van der Waals surface area (Å²) < 4.78 is 0. The summed E-state index contributed by atoms with van der Waals surface area (Å²) in [5, 5.41) is 0. The van der Waals surface area contributed by atoms with Crippen molar-refractivity contribution in [2.24, 2.45) is 5.73 Å². The van der Waals surface area contributed by atoms with Gasteiger partial charge in [0, 0.05) is 11.0 Å². The number of hydrogen-bond acceptors (Lipinski definition) is 1. The summed E-state index contributed by atoms with van der Waals surface area (Å²) in [7, 11) is 0. The SMILES string of the molecule is CCCN.[Si]. The molecule has 0 aromatic heterocycles. The molecule has 5 heavy (non-hydrogen) atoms. The van der Waals surface area contributed by atoms with E-state index < -0.39 is 0 Å². The normalized spacial score (nSPS) is 6.00. The minimum absolute atomic E-state index is 0. The Balaban J connectivity index is 0. The average molecular weight is 87.2 g/mol. The molecule has 0 aromatic rings. The van der Waals surface area contributed by atoms with E-state index in [0.29, 0.717) is 0 Å². The van der Waals surface area contributed by atoms with Crippen molar-refractivity contribution in [1.82, 2.24) is 0 Å². The second-order valence-electron chi connectivity index (χ2n) is 0.789. The van der Waals surface area contributed by atoms with Crippen LogP contribution in [0.25, 0.3) is 0 Å². The van der Waals surface area contributed by atoms with Gasteiger partial charge in [0.2, 0.25) is 0 Å². The highest BCUT2D eigenvalue weighted by atomic mass is 28.1. The van der Waals surface area contributed by atoms with Gasteiger partial charge < -0.3 is 5.73 Å². The highest BCUT2D eigenvalue weighted by Crippen LogP contribution is 1.57. The summed E-state index contributed by atoms with van der Waals surface area (Å²) in [5.41, 5.74) is 5.03. The second kappa shape index (κ2) is 8.90. The van der Waals surface area contributed by atoms with Crippen LogP contribution in [0.5, 0.6) is 0 Å². The number of nitrogens with two attached hydrogens (primary N) is 1. The lowest BCUT2D eigenvalue weighted by molar-refractivity contribution is 0.932. The molecule has 0 spiro atoms. The molecular formula is C3H9NSi. The minimum atomic E-state index is 0. The Bertz CT molecular complexity index is 8.85. The molecule has 0 aliphatic carbocycles. The standard InChI is InChI=1S/C3H9N.Si/c1-2-3-4;/h2-4H2,1H3;. The monoisotopic (exact) mass is 87.1 g/mol. The van der Waals surface area contributed by atoms with E-state index >= 15 is 0 Å². The zero-order valence-electron chi connectivity index (χ0n) is 3.49. The van der Waals surface area contributed by atoms with Gasteiger partial charge in [0.15, 0.2) is 0 Å². The zero-order chi connectivity index (χ0) is 3.41. The summed E-state index contributed by atoms with van der Waals surface area (Å²) in [6, 6.07) is 0. The molecule has 0 saturated heterocycles. The van der Waals surface area contributed by atoms with Gasteiger partial charge >= 0.3 is 0 Å². The van der Waals surface area contributed by atoms with Crippen LogP contribution in [0, 0.1) is 0 Å². The van der Waals surface area contributed by atoms with Crippen molar-refractivity contribution in [2.45, 2.75) is 13.3 Å². The maximum Gasteiger partial charge on any atom is 0 e. The van der Waals surface area contributed by atoms with E-state index in [1.807, 2.05) is 0 Å². The molecule has 0 unspecified atom stereocenters. The number of rotatable bonds is 1. The van der Waals surface area contributed by atoms with E-state index in [2.05, 4.69) is 6.92 Å². The van der Waals surface area contributed by atoms with Gasteiger partial charge in [-0.15, -0.1) is 0 Å². The van der Waals surface area contributed by atoms with Crippen molar-refractivity contribution in [3.8, 4) is 0 Å². The minimum Gasteiger partial charge on any atom is -0.330 e. The Kier molecular flexibility index (Phi) is 15.9. The fraction of sp³-hybridized carbons (Fsp3) is 1.00. The topological polar surface area (TPSA) is 26.0 Å². The van der Waals surface area contributed by atoms with Crippen molar-refractivity contribution >= 4 is 11.0 Å². The molecule has 2 heteroatoms. The summed E-state index contributed by atoms with van der Waals surface area (Å²) >= 11 is 0. The van der Waals surface area contributed by atoms with Gasteiger partial charge in [-0.2, -0.15) is 0 Å². The van der Waals surface area contributed by atoms with E-state index in [1.54, 1.807) is 0 Å². The fourth-order valence-corrected chi connectivity index (χ4v) is 0. The van der Waals surface area contributed by atoms with Crippen molar-refractivity contribution in [3.05, 3.63) is 0 Å². The van der Waals surface area contributed by atoms with Crippen LogP contribution in [0.2, 0.25) is 0 Å². The zero-order valence-corrected chi connectivity index (χ0v) is 4.49. The van der Waals surface area contributed by atoms with E-state index in [0.717, 1.165) is 13.0 Å². The molecular weight excluding hydrogens is 78.1 g/mol. The first-order chi connectivity index (χ1) is 1.91. The molecule has 0 aliphatic rings. The van der Waals surface area contributed by atoms with Crippen LogP contribution in [0.15, 0.2) is 0 Å². The van der Waals surface area contributed by atoms with Gasteiger partial charge in [-0.05, 0) is 13.0 Å². The van der Waals surface area contributed by atoms with E-state index in [-0.39, 0.29) is 11.0 Å². The molecule has 0 saturated carbocycles. The molecule has 0 fully saturated rings. The average Bonchev–Trinajstić information content (AvgIpc) is 1.37. The summed E-state index contributed by atoms with van der Waals surface area (Å²) in [5.74, 6) is 0. The smallest absolute Gasteiger partial charge is 0 e. The summed E-state index contributed by atoms with van der Waals surface area (Å²) in [4.78, 5) is 0. The van der Waals surface area contributed by atoms with Crippen LogP contribution in [-0.4, -0.2) is 17.5 Å². The Hall–Kier alpha value is 0.177. The maximum atomic E-state index is 5.03. The Labute approximate surface area is 37.6 Å². The second-order valence-corrected chi connectivity index (χ2v) is 0.789. The first kappa shape index (κ1) is 8.95. The third-order valence-corrected chi connectivity index (χ3v) is 0.289. The quantitative estimate of drug-likeness (QED) is 0.447. The van der Waals surface area contributed by atoms with Crippen LogP contribution in [0.4, 0.5) is 0 Å². The lowest BCUT2D eigenvalue weighted by Gasteiger charge is -1.70. The molecule has 0 atom stereocenters. The van der Waals surface area contributed by atoms with E-state index in [1.165, 1.54) is 0 Å². The third kappa shape index (κ3) is 14.3. The predicted molar refractivity (Wildman–Crippen MR) is 25.1 cm³/mol. The summed E-state index contributed by atoms with van der Waals surface area (Å²) in [6.45, 7) is 2.88. The highest BCUT2D eigenvalue weighted by molar-refractivity contribution is 5.75. The Morgan fingerprint density at radius 3 is 1.80 bits per heavy atom. The fourth-order valence-electron chi connectivity index (χ4n) is 0. The maximum absolute atomic E-state index is 5.03. The van der Waals surface area contributed by atoms with Crippen molar-refractivity contribution < 1.29 is 0 Å². The lowest BCUT2D eigenvalue weighted by atomic mass is 10.5. The predicted octanol–water partition coefficient (Wildman–Crippen LogP) is -0.0257. The van der Waals surface area contributed by atoms with Gasteiger partial charge in [-0.1, -0.05) is 6.92 Å². The van der Waals surface area contributed by atoms with Crippen LogP contribution >= 0.6 is 0 Å². The Morgan fingerprint density at radius 2 is 1.80 bits per heavy atom. The van der Waals surface area contributed by atoms with Crippen LogP contribution in [-0.2, 0) is 0 Å². The van der Waals surface area contributed by atoms with Gasteiger partial charge in [-0.3, -0.25) is 0 Å². The van der Waals surface area contributed by atoms with Crippen LogP contribution in [0.1, 0.15) is 13.3 Å².